The van der Waals surface area contributed by atoms with Gasteiger partial charge in [0.1, 0.15) is 12.1 Å². The topological polar surface area (TPSA) is 87.2 Å². The van der Waals surface area contributed by atoms with Gasteiger partial charge >= 0.3 is 6.09 Å². The van der Waals surface area contributed by atoms with E-state index in [1.807, 2.05) is 6.92 Å². The third-order valence-electron chi connectivity index (χ3n) is 4.79. The Morgan fingerprint density at radius 1 is 1.11 bits per heavy atom. The monoisotopic (exact) mass is 367 g/mol. The number of rotatable bonds is 2. The first kappa shape index (κ1) is 17.0. The highest BCUT2D eigenvalue weighted by atomic mass is 16.6. The lowest BCUT2D eigenvalue weighted by molar-refractivity contribution is -0.172. The molecule has 1 aromatic rings. The molecule has 0 unspecified atom stereocenters. The number of carbonyl (C=O) groups excluding carboxylic acids is 4. The average Bonchev–Trinajstić information content (AvgIpc) is 2.80. The molecule has 0 bridgehead atoms. The second-order valence-corrected chi connectivity index (χ2v) is 6.41. The Kier molecular flexibility index (Phi) is 3.83. The van der Waals surface area contributed by atoms with Crippen LogP contribution in [-0.2, 0) is 9.53 Å². The number of ether oxygens (including phenoxy) is 1. The second kappa shape index (κ2) is 6.08. The van der Waals surface area contributed by atoms with Crippen molar-refractivity contribution < 1.29 is 23.9 Å². The van der Waals surface area contributed by atoms with Crippen LogP contribution in [0.1, 0.15) is 34.6 Å². The van der Waals surface area contributed by atoms with Crippen molar-refractivity contribution in [1.82, 2.24) is 14.9 Å². The summed E-state index contributed by atoms with van der Waals surface area (Å²) in [5.41, 5.74) is 1.36. The molecule has 1 aromatic carbocycles. The van der Waals surface area contributed by atoms with Gasteiger partial charge < -0.3 is 4.74 Å². The summed E-state index contributed by atoms with van der Waals surface area (Å²) < 4.78 is 5.00. The van der Waals surface area contributed by atoms with Gasteiger partial charge in [-0.25, -0.2) is 9.80 Å². The number of hydrazine groups is 1. The molecule has 3 heterocycles. The van der Waals surface area contributed by atoms with Crippen LogP contribution >= 0.6 is 0 Å². The zero-order chi connectivity index (χ0) is 19.3. The number of amides is 4. The molecule has 8 nitrogen and oxygen atoms in total. The minimum atomic E-state index is -0.996. The molecule has 27 heavy (non-hydrogen) atoms. The van der Waals surface area contributed by atoms with Crippen molar-refractivity contribution in [2.24, 2.45) is 0 Å². The minimum Gasteiger partial charge on any atom is -0.448 e. The first-order valence-corrected chi connectivity index (χ1v) is 8.58. The minimum absolute atomic E-state index is 0.157. The Hall–Kier alpha value is -3.42. The van der Waals surface area contributed by atoms with E-state index in [2.05, 4.69) is 0 Å². The number of benzene rings is 1. The summed E-state index contributed by atoms with van der Waals surface area (Å²) in [5, 5.41) is 2.29. The Labute approximate surface area is 155 Å². The second-order valence-electron chi connectivity index (χ2n) is 6.41. The molecule has 2 atom stereocenters. The number of nitrogens with zero attached hydrogens (tertiary/aromatic N) is 3. The molecule has 138 valence electrons. The van der Waals surface area contributed by atoms with Gasteiger partial charge in [0.05, 0.1) is 17.7 Å². The lowest BCUT2D eigenvalue weighted by Gasteiger charge is -2.50. The van der Waals surface area contributed by atoms with Crippen LogP contribution in [0.5, 0.6) is 0 Å². The summed E-state index contributed by atoms with van der Waals surface area (Å²) in [6, 6.07) is 4.84. The maximum atomic E-state index is 12.9. The standard InChI is InChI=1S/C19H17N3O5/c1-3-27-19(26)20-9-8-11(2)10-14-15(18(25)22(14)20)21-16(23)12-6-4-5-7-13(12)17(21)24/h4-10,14-15H,3H2,1-2H3/t14-,15-/m0/s1. The van der Waals surface area contributed by atoms with Crippen molar-refractivity contribution in [3.63, 3.8) is 0 Å². The summed E-state index contributed by atoms with van der Waals surface area (Å²) in [6.45, 7) is 3.63. The van der Waals surface area contributed by atoms with E-state index in [9.17, 15) is 19.2 Å². The number of hydrogen-bond donors (Lipinski definition) is 0. The summed E-state index contributed by atoms with van der Waals surface area (Å²) in [7, 11) is 0. The third-order valence-corrected chi connectivity index (χ3v) is 4.79. The van der Waals surface area contributed by atoms with Crippen molar-refractivity contribution in [2.45, 2.75) is 25.9 Å². The number of carbonyl (C=O) groups is 4. The molecule has 0 radical (unpaired) electrons. The predicted octanol–water partition coefficient (Wildman–Crippen LogP) is 1.71. The van der Waals surface area contributed by atoms with Crippen molar-refractivity contribution in [2.75, 3.05) is 6.61 Å². The van der Waals surface area contributed by atoms with Gasteiger partial charge in [-0.05, 0) is 32.1 Å². The number of imide groups is 1. The van der Waals surface area contributed by atoms with E-state index in [0.717, 1.165) is 15.5 Å². The summed E-state index contributed by atoms with van der Waals surface area (Å²) in [5.74, 6) is -1.52. The van der Waals surface area contributed by atoms with Crippen molar-refractivity contribution in [3.05, 3.63) is 59.3 Å². The van der Waals surface area contributed by atoms with E-state index in [1.54, 1.807) is 43.3 Å². The van der Waals surface area contributed by atoms with E-state index in [0.29, 0.717) is 0 Å². The number of β-lactam (4-membered cyclic amide) rings is 1. The quantitative estimate of drug-likeness (QED) is 0.587. The van der Waals surface area contributed by atoms with Gasteiger partial charge in [-0.15, -0.1) is 0 Å². The number of fused-ring (bicyclic) bond motifs is 2. The highest BCUT2D eigenvalue weighted by molar-refractivity contribution is 6.23. The van der Waals surface area contributed by atoms with Crippen molar-refractivity contribution >= 4 is 23.8 Å². The fourth-order valence-corrected chi connectivity index (χ4v) is 3.54. The molecule has 1 fully saturated rings. The van der Waals surface area contributed by atoms with Crippen LogP contribution in [0.3, 0.4) is 0 Å². The maximum absolute atomic E-state index is 12.9. The molecule has 0 spiro atoms. The first-order valence-electron chi connectivity index (χ1n) is 8.58. The Morgan fingerprint density at radius 2 is 1.74 bits per heavy atom. The molecule has 0 N–H and O–H groups in total. The largest absolute Gasteiger partial charge is 0.448 e. The average molecular weight is 367 g/mol. The highest BCUT2D eigenvalue weighted by Crippen LogP contribution is 2.36. The van der Waals surface area contributed by atoms with Crippen molar-refractivity contribution in [3.8, 4) is 0 Å². The molecule has 8 heteroatoms. The van der Waals surface area contributed by atoms with E-state index in [4.69, 9.17) is 4.74 Å². The summed E-state index contributed by atoms with van der Waals surface area (Å²) in [4.78, 5) is 51.6. The Bertz CT molecular complexity index is 900. The lowest BCUT2D eigenvalue weighted by Crippen LogP contribution is -2.74. The Morgan fingerprint density at radius 3 is 2.33 bits per heavy atom. The molecule has 1 saturated heterocycles. The molecule has 4 amide bonds. The van der Waals surface area contributed by atoms with Gasteiger partial charge in [-0.2, -0.15) is 5.01 Å². The van der Waals surface area contributed by atoms with Crippen LogP contribution in [0.2, 0.25) is 0 Å². The fraction of sp³-hybridized carbons (Fsp3) is 0.263. The normalized spacial score (nSPS) is 23.6. The van der Waals surface area contributed by atoms with Gasteiger partial charge in [0, 0.05) is 6.20 Å². The van der Waals surface area contributed by atoms with Gasteiger partial charge in [-0.3, -0.25) is 19.3 Å². The molecule has 4 rings (SSSR count). The van der Waals surface area contributed by atoms with Crippen LogP contribution in [0.15, 0.2) is 48.2 Å². The van der Waals surface area contributed by atoms with Crippen LogP contribution in [0.4, 0.5) is 4.79 Å². The van der Waals surface area contributed by atoms with E-state index < -0.39 is 35.9 Å². The third kappa shape index (κ3) is 2.37. The zero-order valence-electron chi connectivity index (χ0n) is 14.8. The molecule has 0 aliphatic carbocycles. The molecule has 3 aliphatic heterocycles. The molecular formula is C19H17N3O5. The molecule has 0 saturated carbocycles. The first-order chi connectivity index (χ1) is 13.0. The zero-order valence-corrected chi connectivity index (χ0v) is 14.8. The van der Waals surface area contributed by atoms with E-state index >= 15 is 0 Å². The smallest absolute Gasteiger partial charge is 0.433 e. The van der Waals surface area contributed by atoms with Gasteiger partial charge in [0.25, 0.3) is 17.7 Å². The molecule has 0 aromatic heterocycles. The van der Waals surface area contributed by atoms with Gasteiger partial charge in [0.2, 0.25) is 0 Å². The van der Waals surface area contributed by atoms with Gasteiger partial charge in [0.15, 0.2) is 0 Å². The fourth-order valence-electron chi connectivity index (χ4n) is 3.54. The number of allylic oxidation sites excluding steroid dienone is 2. The summed E-state index contributed by atoms with van der Waals surface area (Å²) >= 11 is 0. The van der Waals surface area contributed by atoms with Crippen LogP contribution in [0, 0.1) is 0 Å². The molecule has 3 aliphatic rings. The Balaban J connectivity index is 1.69. The van der Waals surface area contributed by atoms with Gasteiger partial charge in [-0.1, -0.05) is 23.8 Å². The summed E-state index contributed by atoms with van der Waals surface area (Å²) in [6.07, 6.45) is 4.17. The predicted molar refractivity (Wildman–Crippen MR) is 93.1 cm³/mol. The highest BCUT2D eigenvalue weighted by Gasteiger charge is 2.58. The van der Waals surface area contributed by atoms with E-state index in [-0.39, 0.29) is 17.7 Å². The van der Waals surface area contributed by atoms with Crippen LogP contribution in [-0.4, -0.2) is 57.4 Å². The molecular weight excluding hydrogens is 350 g/mol. The lowest BCUT2D eigenvalue weighted by atomic mass is 9.93. The SMILES string of the molecule is CCOC(=O)N1C=CC(C)=C[C@H]2[C@H](N3C(=O)c4ccccc4C3=O)C(=O)N21. The van der Waals surface area contributed by atoms with Crippen LogP contribution < -0.4 is 0 Å². The van der Waals surface area contributed by atoms with Crippen molar-refractivity contribution in [1.29, 1.82) is 0 Å². The maximum Gasteiger partial charge on any atom is 0.433 e. The van der Waals surface area contributed by atoms with E-state index in [1.165, 1.54) is 11.2 Å². The number of hydrogen-bond acceptors (Lipinski definition) is 5. The van der Waals surface area contributed by atoms with Crippen LogP contribution in [0.25, 0.3) is 0 Å².